The van der Waals surface area contributed by atoms with E-state index in [0.717, 1.165) is 43.6 Å². The first-order valence-corrected chi connectivity index (χ1v) is 8.38. The third-order valence-electron chi connectivity index (χ3n) is 4.41. The van der Waals surface area contributed by atoms with Crippen LogP contribution < -0.4 is 10.2 Å². The number of nitrogens with one attached hydrogen (secondary N) is 2. The molecule has 0 saturated carbocycles. The molecule has 3 heterocycles. The summed E-state index contributed by atoms with van der Waals surface area (Å²) in [6.45, 7) is 5.80. The number of hydrogen-bond donors (Lipinski definition) is 2. The molecule has 0 aliphatic carbocycles. The van der Waals surface area contributed by atoms with E-state index in [1.165, 1.54) is 6.33 Å². The number of carbonyl (C=O) groups is 1. The summed E-state index contributed by atoms with van der Waals surface area (Å²) < 4.78 is 0. The van der Waals surface area contributed by atoms with Crippen LogP contribution in [-0.4, -0.2) is 45.0 Å². The lowest BCUT2D eigenvalue weighted by atomic mass is 9.96. The highest BCUT2D eigenvalue weighted by Crippen LogP contribution is 2.25. The van der Waals surface area contributed by atoms with E-state index in [2.05, 4.69) is 44.0 Å². The van der Waals surface area contributed by atoms with Gasteiger partial charge in [-0.15, -0.1) is 0 Å². The van der Waals surface area contributed by atoms with Gasteiger partial charge in [-0.05, 0) is 26.2 Å². The Labute approximate surface area is 135 Å². The molecule has 2 aromatic heterocycles. The topological polar surface area (TPSA) is 86.8 Å². The molecule has 7 nitrogen and oxygen atoms in total. The van der Waals surface area contributed by atoms with E-state index in [9.17, 15) is 4.79 Å². The zero-order valence-electron chi connectivity index (χ0n) is 13.7. The fourth-order valence-electron chi connectivity index (χ4n) is 3.24. The van der Waals surface area contributed by atoms with Gasteiger partial charge in [-0.25, -0.2) is 15.0 Å². The number of H-pyrrole nitrogens is 1. The molecule has 2 atom stereocenters. The van der Waals surface area contributed by atoms with Crippen molar-refractivity contribution in [1.29, 1.82) is 0 Å². The third kappa shape index (κ3) is 3.43. The van der Waals surface area contributed by atoms with Crippen LogP contribution >= 0.6 is 0 Å². The lowest BCUT2D eigenvalue weighted by molar-refractivity contribution is -0.125. The van der Waals surface area contributed by atoms with Crippen LogP contribution in [0.1, 0.15) is 39.5 Å². The van der Waals surface area contributed by atoms with Gasteiger partial charge in [-0.3, -0.25) is 4.79 Å². The molecule has 0 aromatic carbocycles. The van der Waals surface area contributed by atoms with Gasteiger partial charge in [0.1, 0.15) is 11.8 Å². The van der Waals surface area contributed by atoms with E-state index >= 15 is 0 Å². The molecule has 0 radical (unpaired) electrons. The second kappa shape index (κ2) is 6.93. The number of fused-ring (bicyclic) bond motifs is 1. The maximum absolute atomic E-state index is 12.5. The molecule has 3 rings (SSSR count). The van der Waals surface area contributed by atoms with Crippen LogP contribution in [0.25, 0.3) is 11.2 Å². The molecule has 7 heteroatoms. The van der Waals surface area contributed by atoms with Crippen LogP contribution in [0.2, 0.25) is 0 Å². The van der Waals surface area contributed by atoms with E-state index < -0.39 is 0 Å². The lowest BCUT2D eigenvalue weighted by Crippen LogP contribution is -2.45. The molecular formula is C16H24N6O. The van der Waals surface area contributed by atoms with Crippen LogP contribution in [0.3, 0.4) is 0 Å². The fourth-order valence-corrected chi connectivity index (χ4v) is 3.24. The second-order valence-electron chi connectivity index (χ2n) is 6.28. The van der Waals surface area contributed by atoms with Gasteiger partial charge in [0.25, 0.3) is 0 Å². The van der Waals surface area contributed by atoms with Crippen LogP contribution in [0.15, 0.2) is 12.7 Å². The quantitative estimate of drug-likeness (QED) is 0.879. The van der Waals surface area contributed by atoms with E-state index in [4.69, 9.17) is 0 Å². The van der Waals surface area contributed by atoms with Gasteiger partial charge in [0.2, 0.25) is 5.91 Å². The molecule has 1 amide bonds. The minimum absolute atomic E-state index is 0.0102. The van der Waals surface area contributed by atoms with Crippen molar-refractivity contribution >= 4 is 22.9 Å². The fraction of sp³-hybridized carbons (Fsp3) is 0.625. The van der Waals surface area contributed by atoms with E-state index in [0.29, 0.717) is 12.2 Å². The Hall–Kier alpha value is -2.18. The summed E-state index contributed by atoms with van der Waals surface area (Å²) in [6.07, 6.45) is 7.17. The van der Waals surface area contributed by atoms with E-state index in [1.807, 2.05) is 0 Å². The van der Waals surface area contributed by atoms with Gasteiger partial charge in [-0.2, -0.15) is 0 Å². The molecule has 2 N–H and O–H groups in total. The molecule has 0 bridgehead atoms. The highest BCUT2D eigenvalue weighted by Gasteiger charge is 2.28. The third-order valence-corrected chi connectivity index (χ3v) is 4.41. The van der Waals surface area contributed by atoms with Crippen molar-refractivity contribution in [2.45, 2.75) is 45.6 Å². The average Bonchev–Trinajstić information content (AvgIpc) is 3.03. The Bertz CT molecular complexity index is 669. The molecule has 1 aliphatic heterocycles. The van der Waals surface area contributed by atoms with Gasteiger partial charge < -0.3 is 15.2 Å². The zero-order valence-corrected chi connectivity index (χ0v) is 13.7. The molecule has 1 aliphatic rings. The molecule has 1 fully saturated rings. The number of aromatic amines is 1. The highest BCUT2D eigenvalue weighted by atomic mass is 16.2. The number of nitrogens with zero attached hydrogens (tertiary/aromatic N) is 4. The van der Waals surface area contributed by atoms with Gasteiger partial charge in [-0.1, -0.05) is 13.3 Å². The summed E-state index contributed by atoms with van der Waals surface area (Å²) in [7, 11) is 0. The van der Waals surface area contributed by atoms with Crippen molar-refractivity contribution < 1.29 is 4.79 Å². The van der Waals surface area contributed by atoms with Crippen molar-refractivity contribution in [3.8, 4) is 0 Å². The summed E-state index contributed by atoms with van der Waals surface area (Å²) in [5, 5.41) is 3.14. The van der Waals surface area contributed by atoms with Crippen LogP contribution in [0.5, 0.6) is 0 Å². The molecular weight excluding hydrogens is 292 g/mol. The van der Waals surface area contributed by atoms with Crippen molar-refractivity contribution in [2.24, 2.45) is 5.92 Å². The zero-order chi connectivity index (χ0) is 16.2. The first kappa shape index (κ1) is 15.7. The minimum atomic E-state index is 0.0102. The number of aromatic nitrogens is 4. The van der Waals surface area contributed by atoms with Gasteiger partial charge >= 0.3 is 0 Å². The number of piperidine rings is 1. The highest BCUT2D eigenvalue weighted by molar-refractivity contribution is 5.84. The van der Waals surface area contributed by atoms with E-state index in [-0.39, 0.29) is 17.9 Å². The van der Waals surface area contributed by atoms with Gasteiger partial charge in [0.05, 0.1) is 12.2 Å². The number of imidazole rings is 1. The predicted octanol–water partition coefficient (Wildman–Crippen LogP) is 1.87. The SMILES string of the molecule is CCCC(C)NC(=O)C1CCCN(c2ncnc3nc[nH]c23)C1. The number of anilines is 1. The van der Waals surface area contributed by atoms with Gasteiger partial charge in [0, 0.05) is 19.1 Å². The molecule has 124 valence electrons. The summed E-state index contributed by atoms with van der Waals surface area (Å²) in [6, 6.07) is 0.237. The Balaban J connectivity index is 1.71. The number of amides is 1. The Morgan fingerprint density at radius 1 is 1.48 bits per heavy atom. The van der Waals surface area contributed by atoms with Gasteiger partial charge in [0.15, 0.2) is 11.5 Å². The Kier molecular flexibility index (Phi) is 4.73. The maximum Gasteiger partial charge on any atom is 0.225 e. The molecule has 2 unspecified atom stereocenters. The molecule has 2 aromatic rings. The van der Waals surface area contributed by atoms with Crippen molar-refractivity contribution in [1.82, 2.24) is 25.3 Å². The average molecular weight is 316 g/mol. The monoisotopic (exact) mass is 316 g/mol. The first-order valence-electron chi connectivity index (χ1n) is 8.38. The van der Waals surface area contributed by atoms with Crippen molar-refractivity contribution in [3.63, 3.8) is 0 Å². The Morgan fingerprint density at radius 3 is 3.17 bits per heavy atom. The van der Waals surface area contributed by atoms with Crippen molar-refractivity contribution in [3.05, 3.63) is 12.7 Å². The van der Waals surface area contributed by atoms with Crippen LogP contribution in [0.4, 0.5) is 5.82 Å². The number of rotatable bonds is 5. The summed E-state index contributed by atoms with van der Waals surface area (Å²) in [5.41, 5.74) is 1.51. The normalized spacial score (nSPS) is 19.7. The minimum Gasteiger partial charge on any atom is -0.354 e. The van der Waals surface area contributed by atoms with E-state index in [1.54, 1.807) is 6.33 Å². The van der Waals surface area contributed by atoms with Crippen molar-refractivity contribution in [2.75, 3.05) is 18.0 Å². The number of hydrogen-bond acceptors (Lipinski definition) is 5. The predicted molar refractivity (Wildman–Crippen MR) is 89.1 cm³/mol. The molecule has 0 spiro atoms. The molecule has 1 saturated heterocycles. The largest absolute Gasteiger partial charge is 0.354 e. The van der Waals surface area contributed by atoms with Crippen LogP contribution in [0, 0.1) is 5.92 Å². The summed E-state index contributed by atoms with van der Waals surface area (Å²) in [4.78, 5) is 30.5. The second-order valence-corrected chi connectivity index (χ2v) is 6.28. The lowest BCUT2D eigenvalue weighted by Gasteiger charge is -2.33. The smallest absolute Gasteiger partial charge is 0.225 e. The first-order chi connectivity index (χ1) is 11.2. The van der Waals surface area contributed by atoms with Crippen LogP contribution in [-0.2, 0) is 4.79 Å². The molecule has 23 heavy (non-hydrogen) atoms. The maximum atomic E-state index is 12.5. The summed E-state index contributed by atoms with van der Waals surface area (Å²) >= 11 is 0. The standard InChI is InChI=1S/C16H24N6O/c1-3-5-11(2)21-16(23)12-6-4-7-22(8-12)15-13-14(18-9-17-13)19-10-20-15/h9-12H,3-8H2,1-2H3,(H,21,23)(H,17,18,19,20). The Morgan fingerprint density at radius 2 is 2.35 bits per heavy atom. The number of carbonyl (C=O) groups excluding carboxylic acids is 1. The summed E-state index contributed by atoms with van der Waals surface area (Å²) in [5.74, 6) is 1.01.